The molecular formula is C17H22N2O. The highest BCUT2D eigenvalue weighted by Crippen LogP contribution is 2.24. The number of hydrogen-bond donors (Lipinski definition) is 1. The molecule has 0 aliphatic heterocycles. The first-order chi connectivity index (χ1) is 9.85. The number of hydrogen-bond acceptors (Lipinski definition) is 3. The first kappa shape index (κ1) is 14.5. The van der Waals surface area contributed by atoms with E-state index in [1.54, 1.807) is 6.20 Å². The summed E-state index contributed by atoms with van der Waals surface area (Å²) in [5, 5.41) is 3.58. The molecule has 3 nitrogen and oxygen atoms in total. The van der Waals surface area contributed by atoms with Crippen LogP contribution in [0.3, 0.4) is 0 Å². The van der Waals surface area contributed by atoms with Crippen LogP contribution in [0.5, 0.6) is 5.75 Å². The van der Waals surface area contributed by atoms with Gasteiger partial charge >= 0.3 is 0 Å². The van der Waals surface area contributed by atoms with Crippen LogP contribution in [-0.2, 0) is 0 Å². The summed E-state index contributed by atoms with van der Waals surface area (Å²) >= 11 is 0. The Labute approximate surface area is 121 Å². The molecule has 106 valence electrons. The van der Waals surface area contributed by atoms with E-state index in [1.165, 1.54) is 11.1 Å². The van der Waals surface area contributed by atoms with Gasteiger partial charge in [0.1, 0.15) is 5.75 Å². The number of pyridine rings is 1. The van der Waals surface area contributed by atoms with Gasteiger partial charge < -0.3 is 10.1 Å². The van der Waals surface area contributed by atoms with Crippen LogP contribution in [0.1, 0.15) is 37.4 Å². The Balaban J connectivity index is 2.28. The molecule has 0 bridgehead atoms. The van der Waals surface area contributed by atoms with Crippen molar-refractivity contribution in [2.75, 3.05) is 13.2 Å². The second kappa shape index (κ2) is 7.65. The summed E-state index contributed by atoms with van der Waals surface area (Å²) in [4.78, 5) is 4.23. The summed E-state index contributed by atoms with van der Waals surface area (Å²) in [5.74, 6) is 0.914. The number of nitrogens with zero attached hydrogens (tertiary/aromatic N) is 1. The van der Waals surface area contributed by atoms with Crippen molar-refractivity contribution in [1.29, 1.82) is 0 Å². The van der Waals surface area contributed by atoms with Gasteiger partial charge in [0.2, 0.25) is 0 Å². The third kappa shape index (κ3) is 3.81. The highest BCUT2D eigenvalue weighted by Gasteiger charge is 2.13. The molecule has 0 aliphatic carbocycles. The first-order valence-electron chi connectivity index (χ1n) is 7.21. The molecule has 0 spiro atoms. The van der Waals surface area contributed by atoms with E-state index >= 15 is 0 Å². The number of nitrogens with one attached hydrogen (secondary N) is 1. The fraction of sp³-hybridized carbons (Fsp3) is 0.353. The third-order valence-corrected chi connectivity index (χ3v) is 3.12. The minimum absolute atomic E-state index is 0.157. The van der Waals surface area contributed by atoms with Crippen molar-refractivity contribution < 1.29 is 4.74 Å². The summed E-state index contributed by atoms with van der Waals surface area (Å²) in [5.41, 5.74) is 2.38. The molecule has 1 N–H and O–H groups in total. The van der Waals surface area contributed by atoms with Gasteiger partial charge in [-0.3, -0.25) is 4.98 Å². The zero-order chi connectivity index (χ0) is 14.2. The molecule has 0 saturated carbocycles. The molecule has 1 atom stereocenters. The Morgan fingerprint density at radius 2 is 2.00 bits per heavy atom. The quantitative estimate of drug-likeness (QED) is 0.835. The molecule has 1 unspecified atom stereocenters. The highest BCUT2D eigenvalue weighted by molar-refractivity contribution is 5.35. The fourth-order valence-corrected chi connectivity index (χ4v) is 2.21. The smallest absolute Gasteiger partial charge is 0.119 e. The van der Waals surface area contributed by atoms with E-state index in [-0.39, 0.29) is 6.04 Å². The summed E-state index contributed by atoms with van der Waals surface area (Å²) in [7, 11) is 0. The average molecular weight is 270 g/mol. The van der Waals surface area contributed by atoms with Gasteiger partial charge in [0.05, 0.1) is 12.6 Å². The van der Waals surface area contributed by atoms with E-state index in [0.717, 1.165) is 18.7 Å². The molecule has 3 heteroatoms. The van der Waals surface area contributed by atoms with Crippen molar-refractivity contribution in [1.82, 2.24) is 10.3 Å². The Kier molecular flexibility index (Phi) is 5.56. The highest BCUT2D eigenvalue weighted by atomic mass is 16.5. The molecule has 1 aromatic heterocycles. The topological polar surface area (TPSA) is 34.2 Å². The summed E-state index contributed by atoms with van der Waals surface area (Å²) in [6.45, 7) is 5.83. The SMILES string of the molecule is CCCNC(c1cccnc1)c1cccc(OCC)c1. The van der Waals surface area contributed by atoms with Crippen LogP contribution in [0.25, 0.3) is 0 Å². The molecule has 20 heavy (non-hydrogen) atoms. The third-order valence-electron chi connectivity index (χ3n) is 3.12. The Hall–Kier alpha value is -1.87. The lowest BCUT2D eigenvalue weighted by Gasteiger charge is -2.20. The van der Waals surface area contributed by atoms with E-state index in [0.29, 0.717) is 6.61 Å². The van der Waals surface area contributed by atoms with Crippen molar-refractivity contribution >= 4 is 0 Å². The molecule has 0 aliphatic rings. The van der Waals surface area contributed by atoms with Crippen molar-refractivity contribution in [3.63, 3.8) is 0 Å². The van der Waals surface area contributed by atoms with E-state index in [1.807, 2.05) is 31.3 Å². The van der Waals surface area contributed by atoms with Crippen LogP contribution in [0.4, 0.5) is 0 Å². The van der Waals surface area contributed by atoms with Gasteiger partial charge in [-0.05, 0) is 49.2 Å². The molecule has 1 aromatic carbocycles. The Morgan fingerprint density at radius 3 is 2.70 bits per heavy atom. The van der Waals surface area contributed by atoms with Gasteiger partial charge in [-0.25, -0.2) is 0 Å². The zero-order valence-electron chi connectivity index (χ0n) is 12.2. The molecule has 0 saturated heterocycles. The normalized spacial score (nSPS) is 12.1. The minimum Gasteiger partial charge on any atom is -0.494 e. The van der Waals surface area contributed by atoms with Gasteiger partial charge in [-0.1, -0.05) is 25.1 Å². The van der Waals surface area contributed by atoms with Crippen LogP contribution >= 0.6 is 0 Å². The number of aromatic nitrogens is 1. The Morgan fingerprint density at radius 1 is 1.15 bits per heavy atom. The molecule has 2 rings (SSSR count). The number of rotatable bonds is 7. The summed E-state index contributed by atoms with van der Waals surface area (Å²) in [6.07, 6.45) is 4.82. The largest absolute Gasteiger partial charge is 0.494 e. The van der Waals surface area contributed by atoms with E-state index in [4.69, 9.17) is 4.74 Å². The van der Waals surface area contributed by atoms with Crippen molar-refractivity contribution in [2.24, 2.45) is 0 Å². The standard InChI is InChI=1S/C17H22N2O/c1-3-10-19-17(15-8-6-11-18-13-15)14-7-5-9-16(12-14)20-4-2/h5-9,11-13,17,19H,3-4,10H2,1-2H3. The van der Waals surface area contributed by atoms with Crippen molar-refractivity contribution in [2.45, 2.75) is 26.3 Å². The average Bonchev–Trinajstić information content (AvgIpc) is 2.50. The fourth-order valence-electron chi connectivity index (χ4n) is 2.21. The molecule has 0 amide bonds. The van der Waals surface area contributed by atoms with Crippen LogP contribution in [-0.4, -0.2) is 18.1 Å². The molecule has 2 aromatic rings. The van der Waals surface area contributed by atoms with Gasteiger partial charge in [0, 0.05) is 12.4 Å². The first-order valence-corrected chi connectivity index (χ1v) is 7.21. The zero-order valence-corrected chi connectivity index (χ0v) is 12.2. The maximum atomic E-state index is 5.59. The predicted octanol–water partition coefficient (Wildman–Crippen LogP) is 3.57. The van der Waals surface area contributed by atoms with Gasteiger partial charge in [0.25, 0.3) is 0 Å². The lowest BCUT2D eigenvalue weighted by atomic mass is 10.00. The lowest BCUT2D eigenvalue weighted by Crippen LogP contribution is -2.23. The molecule has 1 heterocycles. The van der Waals surface area contributed by atoms with E-state index < -0.39 is 0 Å². The second-order valence-electron chi connectivity index (χ2n) is 4.68. The van der Waals surface area contributed by atoms with Crippen LogP contribution in [0.15, 0.2) is 48.8 Å². The van der Waals surface area contributed by atoms with Gasteiger partial charge in [-0.2, -0.15) is 0 Å². The van der Waals surface area contributed by atoms with E-state index in [9.17, 15) is 0 Å². The number of ether oxygens (including phenoxy) is 1. The maximum Gasteiger partial charge on any atom is 0.119 e. The van der Waals surface area contributed by atoms with Crippen molar-refractivity contribution in [3.05, 3.63) is 59.9 Å². The summed E-state index contributed by atoms with van der Waals surface area (Å²) < 4.78 is 5.59. The molecular weight excluding hydrogens is 248 g/mol. The van der Waals surface area contributed by atoms with Crippen LogP contribution in [0.2, 0.25) is 0 Å². The molecule has 0 radical (unpaired) electrons. The van der Waals surface area contributed by atoms with E-state index in [2.05, 4.69) is 35.4 Å². The van der Waals surface area contributed by atoms with Crippen LogP contribution < -0.4 is 10.1 Å². The van der Waals surface area contributed by atoms with Crippen LogP contribution in [0, 0.1) is 0 Å². The van der Waals surface area contributed by atoms with Gasteiger partial charge in [0.15, 0.2) is 0 Å². The number of benzene rings is 1. The van der Waals surface area contributed by atoms with Crippen molar-refractivity contribution in [3.8, 4) is 5.75 Å². The Bertz CT molecular complexity index is 513. The summed E-state index contributed by atoms with van der Waals surface area (Å²) in [6, 6.07) is 12.5. The van der Waals surface area contributed by atoms with Gasteiger partial charge in [-0.15, -0.1) is 0 Å². The molecule has 0 fully saturated rings. The maximum absolute atomic E-state index is 5.59. The second-order valence-corrected chi connectivity index (χ2v) is 4.68. The predicted molar refractivity (Wildman–Crippen MR) is 82.0 cm³/mol. The lowest BCUT2D eigenvalue weighted by molar-refractivity contribution is 0.339. The minimum atomic E-state index is 0.157. The monoisotopic (exact) mass is 270 g/mol.